The quantitative estimate of drug-likeness (QED) is 0.698. The first-order valence-corrected chi connectivity index (χ1v) is 9.23. The predicted molar refractivity (Wildman–Crippen MR) is 109 cm³/mol. The highest BCUT2D eigenvalue weighted by atomic mass is 15.1. The monoisotopic (exact) mass is 346 g/mol. The third-order valence-corrected chi connectivity index (χ3v) is 4.59. The Kier molecular flexibility index (Phi) is 6.31. The molecule has 3 rings (SSSR count). The molecule has 0 saturated heterocycles. The highest BCUT2D eigenvalue weighted by Crippen LogP contribution is 2.17. The van der Waals surface area contributed by atoms with E-state index in [9.17, 15) is 0 Å². The highest BCUT2D eigenvalue weighted by Gasteiger charge is 2.11. The van der Waals surface area contributed by atoms with Crippen LogP contribution < -0.4 is 5.32 Å². The van der Waals surface area contributed by atoms with Gasteiger partial charge in [0.05, 0.1) is 5.69 Å². The van der Waals surface area contributed by atoms with Crippen LogP contribution in [0.4, 0.5) is 5.95 Å². The van der Waals surface area contributed by atoms with Crippen molar-refractivity contribution in [1.29, 1.82) is 5.41 Å². The number of rotatable bonds is 7. The average molecular weight is 346 g/mol. The molecule has 26 heavy (non-hydrogen) atoms. The molecule has 0 bridgehead atoms. The summed E-state index contributed by atoms with van der Waals surface area (Å²) in [4.78, 5) is 9.13. The molecule has 2 N–H and O–H groups in total. The Morgan fingerprint density at radius 1 is 1.19 bits per heavy atom. The SMILES string of the molecule is CC(=N)c1cnc(NCC2C=CC=CC2)nc1CCC1=CCC=CC=C1. The third-order valence-electron chi connectivity index (χ3n) is 4.59. The Morgan fingerprint density at radius 2 is 2.08 bits per heavy atom. The zero-order valence-corrected chi connectivity index (χ0v) is 15.3. The van der Waals surface area contributed by atoms with Crippen LogP contribution in [0.15, 0.2) is 66.5 Å². The van der Waals surface area contributed by atoms with Gasteiger partial charge in [0.2, 0.25) is 5.95 Å². The van der Waals surface area contributed by atoms with E-state index in [1.807, 2.05) is 0 Å². The van der Waals surface area contributed by atoms with Crippen molar-refractivity contribution in [3.05, 3.63) is 77.7 Å². The number of hydrogen-bond donors (Lipinski definition) is 2. The van der Waals surface area contributed by atoms with E-state index in [-0.39, 0.29) is 0 Å². The zero-order chi connectivity index (χ0) is 18.2. The van der Waals surface area contributed by atoms with E-state index < -0.39 is 0 Å². The number of aromatic nitrogens is 2. The van der Waals surface area contributed by atoms with Crippen LogP contribution in [0.3, 0.4) is 0 Å². The fraction of sp³-hybridized carbons (Fsp3) is 0.318. The van der Waals surface area contributed by atoms with E-state index in [2.05, 4.69) is 65.0 Å². The normalized spacial score (nSPS) is 18.5. The fourth-order valence-electron chi connectivity index (χ4n) is 3.08. The highest BCUT2D eigenvalue weighted by molar-refractivity contribution is 5.97. The van der Waals surface area contributed by atoms with Gasteiger partial charge in [-0.25, -0.2) is 9.97 Å². The first kappa shape index (κ1) is 18.1. The van der Waals surface area contributed by atoms with Crippen molar-refractivity contribution >= 4 is 11.7 Å². The average Bonchev–Trinajstić information content (AvgIpc) is 2.94. The maximum atomic E-state index is 8.01. The van der Waals surface area contributed by atoms with Crippen LogP contribution in [-0.4, -0.2) is 22.2 Å². The topological polar surface area (TPSA) is 61.7 Å². The molecule has 2 aliphatic carbocycles. The molecule has 1 aromatic heterocycles. The Bertz CT molecular complexity index is 796. The molecule has 4 heteroatoms. The number of anilines is 1. The molecule has 0 saturated carbocycles. The third kappa shape index (κ3) is 5.12. The van der Waals surface area contributed by atoms with Crippen molar-refractivity contribution in [3.8, 4) is 0 Å². The summed E-state index contributed by atoms with van der Waals surface area (Å²) < 4.78 is 0. The van der Waals surface area contributed by atoms with Crippen molar-refractivity contribution in [1.82, 2.24) is 9.97 Å². The molecule has 2 aliphatic rings. The van der Waals surface area contributed by atoms with Gasteiger partial charge < -0.3 is 10.7 Å². The van der Waals surface area contributed by atoms with Crippen molar-refractivity contribution in [2.75, 3.05) is 11.9 Å². The molecule has 1 atom stereocenters. The van der Waals surface area contributed by atoms with Gasteiger partial charge in [-0.2, -0.15) is 0 Å². The van der Waals surface area contributed by atoms with E-state index in [0.717, 1.165) is 43.5 Å². The maximum Gasteiger partial charge on any atom is 0.222 e. The molecule has 0 fully saturated rings. The van der Waals surface area contributed by atoms with E-state index in [0.29, 0.717) is 17.6 Å². The zero-order valence-electron chi connectivity index (χ0n) is 15.3. The van der Waals surface area contributed by atoms with E-state index in [1.165, 1.54) is 5.57 Å². The Hall–Kier alpha value is -2.75. The van der Waals surface area contributed by atoms with Gasteiger partial charge in [-0.15, -0.1) is 0 Å². The first-order valence-electron chi connectivity index (χ1n) is 9.23. The summed E-state index contributed by atoms with van der Waals surface area (Å²) >= 11 is 0. The second-order valence-electron chi connectivity index (χ2n) is 6.67. The number of nitrogens with one attached hydrogen (secondary N) is 2. The van der Waals surface area contributed by atoms with Crippen LogP contribution >= 0.6 is 0 Å². The van der Waals surface area contributed by atoms with E-state index in [4.69, 9.17) is 10.4 Å². The molecule has 1 unspecified atom stereocenters. The Morgan fingerprint density at radius 3 is 2.88 bits per heavy atom. The second-order valence-corrected chi connectivity index (χ2v) is 6.67. The number of nitrogens with zero attached hydrogens (tertiary/aromatic N) is 2. The fourth-order valence-corrected chi connectivity index (χ4v) is 3.08. The van der Waals surface area contributed by atoms with Gasteiger partial charge in [-0.3, -0.25) is 0 Å². The van der Waals surface area contributed by atoms with Crippen molar-refractivity contribution in [3.63, 3.8) is 0 Å². The van der Waals surface area contributed by atoms with Gasteiger partial charge in [0.15, 0.2) is 0 Å². The standard InChI is InChI=1S/C22H26N4/c1-17(23)20-16-25-22(24-15-19-11-7-4-8-12-19)26-21(20)14-13-18-9-5-2-3-6-10-18/h2-5,7-11,16,19,23H,6,12-15H2,1H3,(H,24,25,26). The summed E-state index contributed by atoms with van der Waals surface area (Å²) in [6.45, 7) is 2.62. The van der Waals surface area contributed by atoms with Crippen LogP contribution in [0.5, 0.6) is 0 Å². The smallest absolute Gasteiger partial charge is 0.222 e. The molecular weight excluding hydrogens is 320 g/mol. The molecular formula is C22H26N4. The van der Waals surface area contributed by atoms with Crippen LogP contribution in [0, 0.1) is 11.3 Å². The summed E-state index contributed by atoms with van der Waals surface area (Å²) in [5, 5.41) is 11.4. The lowest BCUT2D eigenvalue weighted by Crippen LogP contribution is -2.16. The summed E-state index contributed by atoms with van der Waals surface area (Å²) in [7, 11) is 0. The predicted octanol–water partition coefficient (Wildman–Crippen LogP) is 4.78. The van der Waals surface area contributed by atoms with Gasteiger partial charge in [0.1, 0.15) is 0 Å². The molecule has 134 valence electrons. The largest absolute Gasteiger partial charge is 0.354 e. The second kappa shape index (κ2) is 9.09. The summed E-state index contributed by atoms with van der Waals surface area (Å²) in [6, 6.07) is 0. The molecule has 1 aromatic rings. The van der Waals surface area contributed by atoms with Crippen molar-refractivity contribution in [2.45, 2.75) is 32.6 Å². The number of allylic oxidation sites excluding steroid dienone is 9. The van der Waals surface area contributed by atoms with Crippen LogP contribution in [0.25, 0.3) is 0 Å². The molecule has 0 radical (unpaired) electrons. The van der Waals surface area contributed by atoms with E-state index in [1.54, 1.807) is 13.1 Å². The first-order chi connectivity index (χ1) is 12.7. The molecule has 0 aliphatic heterocycles. The number of aryl methyl sites for hydroxylation is 1. The minimum atomic E-state index is 0.477. The van der Waals surface area contributed by atoms with Gasteiger partial charge in [-0.05, 0) is 38.5 Å². The Labute approximate surface area is 155 Å². The van der Waals surface area contributed by atoms with Crippen molar-refractivity contribution in [2.24, 2.45) is 5.92 Å². The van der Waals surface area contributed by atoms with Gasteiger partial charge >= 0.3 is 0 Å². The minimum absolute atomic E-state index is 0.477. The molecule has 0 amide bonds. The number of hydrogen-bond acceptors (Lipinski definition) is 4. The molecule has 0 spiro atoms. The molecule has 0 aromatic carbocycles. The summed E-state index contributed by atoms with van der Waals surface area (Å²) in [6.07, 6.45) is 24.8. The van der Waals surface area contributed by atoms with Crippen LogP contribution in [0.1, 0.15) is 37.4 Å². The van der Waals surface area contributed by atoms with Gasteiger partial charge in [-0.1, -0.05) is 60.3 Å². The summed E-state index contributed by atoms with van der Waals surface area (Å²) in [5.41, 5.74) is 3.61. The van der Waals surface area contributed by atoms with Crippen LogP contribution in [-0.2, 0) is 6.42 Å². The van der Waals surface area contributed by atoms with Crippen LogP contribution in [0.2, 0.25) is 0 Å². The van der Waals surface area contributed by atoms with Gasteiger partial charge in [0, 0.05) is 24.0 Å². The maximum absolute atomic E-state index is 8.01. The van der Waals surface area contributed by atoms with E-state index >= 15 is 0 Å². The Balaban J connectivity index is 1.67. The summed E-state index contributed by atoms with van der Waals surface area (Å²) in [5.74, 6) is 1.13. The minimum Gasteiger partial charge on any atom is -0.354 e. The lowest BCUT2D eigenvalue weighted by atomic mass is 10.0. The molecule has 1 heterocycles. The lowest BCUT2D eigenvalue weighted by Gasteiger charge is -2.15. The molecule has 4 nitrogen and oxygen atoms in total. The lowest BCUT2D eigenvalue weighted by molar-refractivity contribution is 0.687. The van der Waals surface area contributed by atoms with Gasteiger partial charge in [0.25, 0.3) is 0 Å². The van der Waals surface area contributed by atoms with Crippen molar-refractivity contribution < 1.29 is 0 Å².